The number of methoxy groups -OCH3 is 1. The molecule has 0 amide bonds. The Hall–Kier alpha value is -1.99. The molecule has 146 valence electrons. The second-order valence-corrected chi connectivity index (χ2v) is 6.39. The highest BCUT2D eigenvalue weighted by molar-refractivity contribution is 5.93. The Morgan fingerprint density at radius 1 is 1.31 bits per heavy atom. The number of nitrogens with one attached hydrogen (secondary N) is 2. The number of anilines is 1. The molecule has 0 aliphatic carbocycles. The zero-order valence-corrected chi connectivity index (χ0v) is 16.4. The summed E-state index contributed by atoms with van der Waals surface area (Å²) in [6, 6.07) is 5.77. The second-order valence-electron chi connectivity index (χ2n) is 6.39. The zero-order valence-electron chi connectivity index (χ0n) is 16.4. The highest BCUT2D eigenvalue weighted by atomic mass is 16.5. The van der Waals surface area contributed by atoms with Crippen LogP contribution in [-0.4, -0.2) is 71.0 Å². The van der Waals surface area contributed by atoms with Gasteiger partial charge in [0.2, 0.25) is 0 Å². The van der Waals surface area contributed by atoms with Gasteiger partial charge in [-0.05, 0) is 25.0 Å². The highest BCUT2D eigenvalue weighted by Gasteiger charge is 2.14. The zero-order chi connectivity index (χ0) is 18.8. The molecule has 26 heavy (non-hydrogen) atoms. The van der Waals surface area contributed by atoms with E-state index in [0.29, 0.717) is 18.3 Å². The van der Waals surface area contributed by atoms with Crippen LogP contribution in [0.5, 0.6) is 11.5 Å². The molecule has 1 aliphatic rings. The Bertz CT molecular complexity index is 574. The number of aliphatic imine (C=N–C) groups is 1. The van der Waals surface area contributed by atoms with E-state index < -0.39 is 0 Å². The monoisotopic (exact) mass is 364 g/mol. The van der Waals surface area contributed by atoms with Gasteiger partial charge in [0.25, 0.3) is 0 Å². The van der Waals surface area contributed by atoms with Gasteiger partial charge in [0.05, 0.1) is 26.9 Å². The molecule has 1 saturated heterocycles. The van der Waals surface area contributed by atoms with E-state index in [-0.39, 0.29) is 0 Å². The number of benzene rings is 1. The molecule has 1 fully saturated rings. The smallest absolute Gasteiger partial charge is 0.195 e. The van der Waals surface area contributed by atoms with E-state index in [9.17, 15) is 0 Å². The lowest BCUT2D eigenvalue weighted by Gasteiger charge is -2.29. The molecule has 7 heteroatoms. The summed E-state index contributed by atoms with van der Waals surface area (Å²) in [5.41, 5.74) is 0.902. The summed E-state index contributed by atoms with van der Waals surface area (Å²) in [5, 5.41) is 6.69. The van der Waals surface area contributed by atoms with Crippen LogP contribution in [0.2, 0.25) is 0 Å². The summed E-state index contributed by atoms with van der Waals surface area (Å²) in [7, 11) is 3.41. The predicted octanol–water partition coefficient (Wildman–Crippen LogP) is 2.05. The molecule has 1 unspecified atom stereocenters. The Labute approximate surface area is 156 Å². The topological polar surface area (TPSA) is 67.4 Å². The van der Waals surface area contributed by atoms with Crippen LogP contribution in [0, 0.1) is 5.92 Å². The number of hydrogen-bond donors (Lipinski definition) is 2. The van der Waals surface area contributed by atoms with Crippen LogP contribution in [-0.2, 0) is 4.74 Å². The van der Waals surface area contributed by atoms with Gasteiger partial charge in [0.1, 0.15) is 0 Å². The molecule has 1 aromatic carbocycles. The molecule has 1 aromatic rings. The molecule has 7 nitrogen and oxygen atoms in total. The first-order valence-electron chi connectivity index (χ1n) is 9.24. The van der Waals surface area contributed by atoms with E-state index in [1.54, 1.807) is 14.2 Å². The van der Waals surface area contributed by atoms with Crippen molar-refractivity contribution in [3.05, 3.63) is 18.2 Å². The number of guanidine groups is 1. The van der Waals surface area contributed by atoms with Gasteiger partial charge in [-0.25, -0.2) is 0 Å². The largest absolute Gasteiger partial charge is 0.493 e. The van der Waals surface area contributed by atoms with Gasteiger partial charge < -0.3 is 24.8 Å². The first-order valence-corrected chi connectivity index (χ1v) is 9.24. The average molecular weight is 364 g/mol. The van der Waals surface area contributed by atoms with E-state index in [2.05, 4.69) is 27.4 Å². The summed E-state index contributed by atoms with van der Waals surface area (Å²) in [6.07, 6.45) is 0. The van der Waals surface area contributed by atoms with Crippen LogP contribution in [0.3, 0.4) is 0 Å². The Morgan fingerprint density at radius 2 is 2.08 bits per heavy atom. The maximum Gasteiger partial charge on any atom is 0.195 e. The summed E-state index contributed by atoms with van der Waals surface area (Å²) >= 11 is 0. The molecule has 2 rings (SSSR count). The van der Waals surface area contributed by atoms with E-state index in [0.717, 1.165) is 56.8 Å². The number of nitrogens with zero attached hydrogens (tertiary/aromatic N) is 2. The van der Waals surface area contributed by atoms with E-state index in [4.69, 9.17) is 14.2 Å². The van der Waals surface area contributed by atoms with Crippen LogP contribution in [0.4, 0.5) is 5.69 Å². The molecule has 1 atom stereocenters. The molecule has 1 aliphatic heterocycles. The van der Waals surface area contributed by atoms with Crippen molar-refractivity contribution in [1.29, 1.82) is 0 Å². The molecule has 2 N–H and O–H groups in total. The molecule has 0 spiro atoms. The fraction of sp³-hybridized carbons (Fsp3) is 0.632. The molecule has 0 radical (unpaired) electrons. The van der Waals surface area contributed by atoms with E-state index in [1.165, 1.54) is 0 Å². The molecular formula is C19H32N4O3. The van der Waals surface area contributed by atoms with Crippen LogP contribution in [0.15, 0.2) is 23.2 Å². The predicted molar refractivity (Wildman–Crippen MR) is 106 cm³/mol. The molecule has 0 saturated carbocycles. The molecule has 0 bridgehead atoms. The Morgan fingerprint density at radius 3 is 2.73 bits per heavy atom. The SMILES string of the molecule is CCOc1ccc(NC(=NC)NCC(C)CN2CCOCC2)cc1OC. The Kier molecular flexibility index (Phi) is 8.50. The van der Waals surface area contributed by atoms with Gasteiger partial charge in [0, 0.05) is 45.0 Å². The van der Waals surface area contributed by atoms with Crippen molar-refractivity contribution in [1.82, 2.24) is 10.2 Å². The minimum Gasteiger partial charge on any atom is -0.493 e. The maximum atomic E-state index is 5.55. The third-order valence-corrected chi connectivity index (χ3v) is 4.24. The average Bonchev–Trinajstić information content (AvgIpc) is 2.67. The van der Waals surface area contributed by atoms with E-state index in [1.807, 2.05) is 25.1 Å². The summed E-state index contributed by atoms with van der Waals surface area (Å²) < 4.78 is 16.3. The normalized spacial score (nSPS) is 16.8. The highest BCUT2D eigenvalue weighted by Crippen LogP contribution is 2.30. The van der Waals surface area contributed by atoms with Crippen molar-refractivity contribution in [2.45, 2.75) is 13.8 Å². The van der Waals surface area contributed by atoms with Crippen LogP contribution in [0.25, 0.3) is 0 Å². The Balaban J connectivity index is 1.84. The number of rotatable bonds is 8. The standard InChI is InChI=1S/C19H32N4O3/c1-5-26-17-7-6-16(12-18(17)24-4)22-19(20-3)21-13-15(2)14-23-8-10-25-11-9-23/h6-7,12,15H,5,8-11,13-14H2,1-4H3,(H2,20,21,22). The number of morpholine rings is 1. The first kappa shape index (κ1) is 20.3. The molecule has 0 aromatic heterocycles. The number of hydrogen-bond acceptors (Lipinski definition) is 5. The lowest BCUT2D eigenvalue weighted by Crippen LogP contribution is -2.42. The van der Waals surface area contributed by atoms with Gasteiger partial charge in [-0.3, -0.25) is 9.89 Å². The molecular weight excluding hydrogens is 332 g/mol. The van der Waals surface area contributed by atoms with Gasteiger partial charge in [-0.15, -0.1) is 0 Å². The van der Waals surface area contributed by atoms with Crippen molar-refractivity contribution in [2.24, 2.45) is 10.9 Å². The minimum atomic E-state index is 0.515. The first-order chi connectivity index (χ1) is 12.7. The quantitative estimate of drug-likeness (QED) is 0.544. The van der Waals surface area contributed by atoms with Crippen molar-refractivity contribution in [2.75, 3.05) is 65.5 Å². The van der Waals surface area contributed by atoms with Gasteiger partial charge in [0.15, 0.2) is 17.5 Å². The van der Waals surface area contributed by atoms with Crippen molar-refractivity contribution >= 4 is 11.6 Å². The van der Waals surface area contributed by atoms with Crippen molar-refractivity contribution < 1.29 is 14.2 Å². The fourth-order valence-corrected chi connectivity index (χ4v) is 2.90. The summed E-state index contributed by atoms with van der Waals surface area (Å²) in [4.78, 5) is 6.75. The van der Waals surface area contributed by atoms with Crippen molar-refractivity contribution in [3.8, 4) is 11.5 Å². The minimum absolute atomic E-state index is 0.515. The lowest BCUT2D eigenvalue weighted by atomic mass is 10.1. The maximum absolute atomic E-state index is 5.55. The van der Waals surface area contributed by atoms with Gasteiger partial charge in [-0.1, -0.05) is 6.92 Å². The lowest BCUT2D eigenvalue weighted by molar-refractivity contribution is 0.0320. The van der Waals surface area contributed by atoms with Gasteiger partial charge >= 0.3 is 0 Å². The second kappa shape index (κ2) is 10.9. The molecule has 1 heterocycles. The summed E-state index contributed by atoms with van der Waals surface area (Å²) in [6.45, 7) is 10.4. The fourth-order valence-electron chi connectivity index (χ4n) is 2.90. The summed E-state index contributed by atoms with van der Waals surface area (Å²) in [5.74, 6) is 2.70. The van der Waals surface area contributed by atoms with Crippen LogP contribution in [0.1, 0.15) is 13.8 Å². The third-order valence-electron chi connectivity index (χ3n) is 4.24. The van der Waals surface area contributed by atoms with Crippen molar-refractivity contribution in [3.63, 3.8) is 0 Å². The van der Waals surface area contributed by atoms with E-state index >= 15 is 0 Å². The van der Waals surface area contributed by atoms with Crippen LogP contribution < -0.4 is 20.1 Å². The van der Waals surface area contributed by atoms with Gasteiger partial charge in [-0.2, -0.15) is 0 Å². The third kappa shape index (κ3) is 6.38. The number of ether oxygens (including phenoxy) is 3. The van der Waals surface area contributed by atoms with Crippen LogP contribution >= 0.6 is 0 Å².